The molecular formula is C14H10Cl2INO. The Morgan fingerprint density at radius 2 is 1.84 bits per heavy atom. The molecule has 98 valence electrons. The van der Waals surface area contributed by atoms with E-state index in [1.807, 2.05) is 19.1 Å². The van der Waals surface area contributed by atoms with Crippen LogP contribution in [0.2, 0.25) is 10.0 Å². The van der Waals surface area contributed by atoms with Crippen LogP contribution in [0.3, 0.4) is 0 Å². The third-order valence-corrected chi connectivity index (χ3v) is 3.84. The molecule has 2 aromatic rings. The summed E-state index contributed by atoms with van der Waals surface area (Å²) >= 11 is 14.3. The molecule has 0 saturated heterocycles. The molecule has 0 aliphatic heterocycles. The van der Waals surface area contributed by atoms with Gasteiger partial charge in [0.2, 0.25) is 0 Å². The van der Waals surface area contributed by atoms with Gasteiger partial charge in [-0.2, -0.15) is 0 Å². The highest BCUT2D eigenvalue weighted by Gasteiger charge is 2.12. The Balaban J connectivity index is 2.25. The van der Waals surface area contributed by atoms with Crippen molar-refractivity contribution in [3.8, 4) is 0 Å². The van der Waals surface area contributed by atoms with Gasteiger partial charge in [-0.25, -0.2) is 0 Å². The molecule has 1 amide bonds. The van der Waals surface area contributed by atoms with Crippen LogP contribution in [0.1, 0.15) is 15.9 Å². The molecule has 0 saturated carbocycles. The zero-order valence-corrected chi connectivity index (χ0v) is 13.7. The summed E-state index contributed by atoms with van der Waals surface area (Å²) in [5.41, 5.74) is 2.01. The lowest BCUT2D eigenvalue weighted by atomic mass is 10.1. The number of aryl methyl sites for hydroxylation is 1. The summed E-state index contributed by atoms with van der Waals surface area (Å²) in [6, 6.07) is 10.7. The Hall–Kier alpha value is -0.780. The van der Waals surface area contributed by atoms with Gasteiger partial charge in [-0.05, 0) is 65.4 Å². The van der Waals surface area contributed by atoms with Crippen LogP contribution >= 0.6 is 45.8 Å². The van der Waals surface area contributed by atoms with Crippen LogP contribution in [-0.4, -0.2) is 5.91 Å². The maximum absolute atomic E-state index is 12.1. The van der Waals surface area contributed by atoms with Gasteiger partial charge in [-0.15, -0.1) is 0 Å². The second-order valence-electron chi connectivity index (χ2n) is 4.06. The van der Waals surface area contributed by atoms with Crippen molar-refractivity contribution < 1.29 is 4.79 Å². The molecule has 0 fully saturated rings. The second-order valence-corrected chi connectivity index (χ2v) is 6.12. The molecule has 0 bridgehead atoms. The van der Waals surface area contributed by atoms with Crippen molar-refractivity contribution in [2.24, 2.45) is 0 Å². The first-order valence-electron chi connectivity index (χ1n) is 5.50. The van der Waals surface area contributed by atoms with Crippen molar-refractivity contribution in [3.05, 3.63) is 61.1 Å². The molecule has 0 unspecified atom stereocenters. The average Bonchev–Trinajstić information content (AvgIpc) is 2.32. The molecule has 0 aromatic heterocycles. The fraction of sp³-hybridized carbons (Fsp3) is 0.0714. The minimum Gasteiger partial charge on any atom is -0.321 e. The van der Waals surface area contributed by atoms with E-state index >= 15 is 0 Å². The lowest BCUT2D eigenvalue weighted by molar-refractivity contribution is 0.102. The molecule has 0 aliphatic carbocycles. The highest BCUT2D eigenvalue weighted by atomic mass is 127. The lowest BCUT2D eigenvalue weighted by Gasteiger charge is -2.09. The maximum atomic E-state index is 12.1. The van der Waals surface area contributed by atoms with Crippen molar-refractivity contribution in [2.45, 2.75) is 6.92 Å². The predicted octanol–water partition coefficient (Wildman–Crippen LogP) is 5.16. The van der Waals surface area contributed by atoms with Gasteiger partial charge in [0.1, 0.15) is 0 Å². The molecule has 5 heteroatoms. The Morgan fingerprint density at radius 1 is 1.11 bits per heavy atom. The molecule has 2 nitrogen and oxygen atoms in total. The van der Waals surface area contributed by atoms with Crippen LogP contribution in [-0.2, 0) is 0 Å². The number of benzene rings is 2. The van der Waals surface area contributed by atoms with E-state index in [1.54, 1.807) is 24.3 Å². The quantitative estimate of drug-likeness (QED) is 0.687. The predicted molar refractivity (Wildman–Crippen MR) is 88.3 cm³/mol. The summed E-state index contributed by atoms with van der Waals surface area (Å²) in [4.78, 5) is 12.1. The molecule has 0 spiro atoms. The van der Waals surface area contributed by atoms with Crippen molar-refractivity contribution in [1.29, 1.82) is 0 Å². The van der Waals surface area contributed by atoms with Crippen molar-refractivity contribution in [1.82, 2.24) is 0 Å². The van der Waals surface area contributed by atoms with Gasteiger partial charge in [0, 0.05) is 3.57 Å². The SMILES string of the molecule is Cc1ccc(C(=O)Nc2ccc(I)cc2Cl)c(Cl)c1. The number of anilines is 1. The lowest BCUT2D eigenvalue weighted by Crippen LogP contribution is -2.12. The Kier molecular flexibility index (Phi) is 4.71. The van der Waals surface area contributed by atoms with Crippen molar-refractivity contribution >= 4 is 57.4 Å². The zero-order chi connectivity index (χ0) is 14.0. The van der Waals surface area contributed by atoms with Crippen LogP contribution in [0.15, 0.2) is 36.4 Å². The second kappa shape index (κ2) is 6.11. The molecule has 0 atom stereocenters. The molecule has 0 heterocycles. The number of hydrogen-bond donors (Lipinski definition) is 1. The summed E-state index contributed by atoms with van der Waals surface area (Å²) < 4.78 is 1.01. The monoisotopic (exact) mass is 405 g/mol. The van der Waals surface area contributed by atoms with E-state index in [2.05, 4.69) is 27.9 Å². The molecule has 0 aliphatic rings. The van der Waals surface area contributed by atoms with E-state index in [1.165, 1.54) is 0 Å². The van der Waals surface area contributed by atoms with Crippen LogP contribution in [0.25, 0.3) is 0 Å². The van der Waals surface area contributed by atoms with E-state index < -0.39 is 0 Å². The third-order valence-electron chi connectivity index (χ3n) is 2.55. The number of halogens is 3. The Morgan fingerprint density at radius 3 is 2.47 bits per heavy atom. The topological polar surface area (TPSA) is 29.1 Å². The minimum absolute atomic E-state index is 0.270. The van der Waals surface area contributed by atoms with E-state index in [0.717, 1.165) is 9.13 Å². The summed E-state index contributed by atoms with van der Waals surface area (Å²) in [7, 11) is 0. The van der Waals surface area contributed by atoms with Gasteiger partial charge in [0.25, 0.3) is 5.91 Å². The number of nitrogens with one attached hydrogen (secondary N) is 1. The van der Waals surface area contributed by atoms with E-state index in [-0.39, 0.29) is 5.91 Å². The first-order valence-corrected chi connectivity index (χ1v) is 7.33. The Bertz CT molecular complexity index is 643. The highest BCUT2D eigenvalue weighted by Crippen LogP contribution is 2.25. The van der Waals surface area contributed by atoms with Gasteiger partial charge >= 0.3 is 0 Å². The number of amides is 1. The van der Waals surface area contributed by atoms with Crippen LogP contribution < -0.4 is 5.32 Å². The highest BCUT2D eigenvalue weighted by molar-refractivity contribution is 14.1. The zero-order valence-electron chi connectivity index (χ0n) is 10.0. The standard InChI is InChI=1S/C14H10Cl2INO/c1-8-2-4-10(11(15)6-8)14(19)18-13-5-3-9(17)7-12(13)16/h2-7H,1H3,(H,18,19). The summed E-state index contributed by atoms with van der Waals surface area (Å²) in [6.07, 6.45) is 0. The van der Waals surface area contributed by atoms with Crippen LogP contribution in [0, 0.1) is 10.5 Å². The van der Waals surface area contributed by atoms with Gasteiger partial charge in [0.15, 0.2) is 0 Å². The average molecular weight is 406 g/mol. The van der Waals surface area contributed by atoms with Gasteiger partial charge < -0.3 is 5.32 Å². The molecule has 1 N–H and O–H groups in total. The number of hydrogen-bond acceptors (Lipinski definition) is 1. The summed E-state index contributed by atoms with van der Waals surface area (Å²) in [6.45, 7) is 1.92. The number of carbonyl (C=O) groups is 1. The summed E-state index contributed by atoms with van der Waals surface area (Å²) in [5, 5.41) is 3.69. The van der Waals surface area contributed by atoms with E-state index in [0.29, 0.717) is 21.3 Å². The maximum Gasteiger partial charge on any atom is 0.257 e. The number of rotatable bonds is 2. The minimum atomic E-state index is -0.270. The number of carbonyl (C=O) groups excluding carboxylic acids is 1. The summed E-state index contributed by atoms with van der Waals surface area (Å²) in [5.74, 6) is -0.270. The van der Waals surface area contributed by atoms with Crippen LogP contribution in [0.4, 0.5) is 5.69 Å². The molecule has 2 aromatic carbocycles. The molecule has 0 radical (unpaired) electrons. The van der Waals surface area contributed by atoms with Gasteiger partial charge in [-0.3, -0.25) is 4.79 Å². The van der Waals surface area contributed by atoms with Crippen molar-refractivity contribution in [3.63, 3.8) is 0 Å². The fourth-order valence-corrected chi connectivity index (χ4v) is 2.81. The third kappa shape index (κ3) is 3.61. The smallest absolute Gasteiger partial charge is 0.257 e. The normalized spacial score (nSPS) is 10.3. The largest absolute Gasteiger partial charge is 0.321 e. The van der Waals surface area contributed by atoms with Gasteiger partial charge in [-0.1, -0.05) is 29.3 Å². The van der Waals surface area contributed by atoms with Gasteiger partial charge in [0.05, 0.1) is 21.3 Å². The van der Waals surface area contributed by atoms with Crippen LogP contribution in [0.5, 0.6) is 0 Å². The van der Waals surface area contributed by atoms with E-state index in [4.69, 9.17) is 23.2 Å². The Labute approximate surface area is 135 Å². The van der Waals surface area contributed by atoms with Crippen molar-refractivity contribution in [2.75, 3.05) is 5.32 Å². The first kappa shape index (κ1) is 14.6. The first-order chi connectivity index (χ1) is 8.97. The molecular weight excluding hydrogens is 396 g/mol. The fourth-order valence-electron chi connectivity index (χ4n) is 1.58. The molecule has 19 heavy (non-hydrogen) atoms. The van der Waals surface area contributed by atoms with E-state index in [9.17, 15) is 4.79 Å². The molecule has 2 rings (SSSR count).